The number of halogens is 1. The Bertz CT molecular complexity index is 575. The molecular formula is C14H21FN2O2S. The molecule has 1 N–H and O–H groups in total. The second-order valence-corrected chi connectivity index (χ2v) is 7.58. The minimum atomic E-state index is -3.31. The van der Waals surface area contributed by atoms with Crippen molar-refractivity contribution < 1.29 is 12.8 Å². The lowest BCUT2D eigenvalue weighted by Crippen LogP contribution is -2.35. The monoisotopic (exact) mass is 300 g/mol. The van der Waals surface area contributed by atoms with Gasteiger partial charge in [-0.25, -0.2) is 12.8 Å². The SMILES string of the molecule is CN1CCCC(CNc2cc(S(C)(=O)=O)ccc2F)C1. The van der Waals surface area contributed by atoms with Crippen LogP contribution < -0.4 is 5.32 Å². The summed E-state index contributed by atoms with van der Waals surface area (Å²) in [6.45, 7) is 2.75. The Morgan fingerprint density at radius 1 is 1.45 bits per heavy atom. The summed E-state index contributed by atoms with van der Waals surface area (Å²) in [5.74, 6) is 0.0524. The fourth-order valence-corrected chi connectivity index (χ4v) is 3.21. The molecule has 20 heavy (non-hydrogen) atoms. The van der Waals surface area contributed by atoms with Gasteiger partial charge in [0.15, 0.2) is 9.84 Å². The quantitative estimate of drug-likeness (QED) is 0.864. The van der Waals surface area contributed by atoms with Crippen molar-refractivity contribution in [3.8, 4) is 0 Å². The van der Waals surface area contributed by atoms with Gasteiger partial charge in [0.1, 0.15) is 5.82 Å². The number of rotatable bonds is 4. The summed E-state index contributed by atoms with van der Waals surface area (Å²) in [6.07, 6.45) is 3.39. The second kappa shape index (κ2) is 6.10. The zero-order valence-corrected chi connectivity index (χ0v) is 12.7. The maximum Gasteiger partial charge on any atom is 0.175 e. The van der Waals surface area contributed by atoms with Gasteiger partial charge < -0.3 is 10.2 Å². The molecule has 0 aromatic heterocycles. The van der Waals surface area contributed by atoms with Crippen molar-refractivity contribution in [3.05, 3.63) is 24.0 Å². The van der Waals surface area contributed by atoms with Crippen molar-refractivity contribution in [2.24, 2.45) is 5.92 Å². The van der Waals surface area contributed by atoms with Crippen molar-refractivity contribution >= 4 is 15.5 Å². The van der Waals surface area contributed by atoms with Crippen LogP contribution in [-0.2, 0) is 9.84 Å². The summed E-state index contributed by atoms with van der Waals surface area (Å²) >= 11 is 0. The summed E-state index contributed by atoms with van der Waals surface area (Å²) < 4.78 is 36.7. The van der Waals surface area contributed by atoms with E-state index >= 15 is 0 Å². The number of benzene rings is 1. The van der Waals surface area contributed by atoms with E-state index in [9.17, 15) is 12.8 Å². The average Bonchev–Trinajstić information content (AvgIpc) is 2.36. The molecule has 1 aromatic rings. The predicted octanol–water partition coefficient (Wildman–Crippen LogP) is 1.98. The first-order valence-electron chi connectivity index (χ1n) is 6.78. The molecule has 1 atom stereocenters. The van der Waals surface area contributed by atoms with Gasteiger partial charge in [-0.1, -0.05) is 0 Å². The first-order valence-corrected chi connectivity index (χ1v) is 8.67. The molecule has 1 aliphatic rings. The molecule has 2 rings (SSSR count). The molecule has 0 aliphatic carbocycles. The smallest absolute Gasteiger partial charge is 0.175 e. The van der Waals surface area contributed by atoms with E-state index in [0.29, 0.717) is 12.5 Å². The summed E-state index contributed by atoms with van der Waals surface area (Å²) in [6, 6.07) is 3.87. The summed E-state index contributed by atoms with van der Waals surface area (Å²) in [5, 5.41) is 3.05. The Labute approximate surface area is 119 Å². The zero-order chi connectivity index (χ0) is 14.8. The molecule has 1 heterocycles. The molecule has 0 radical (unpaired) electrons. The predicted molar refractivity (Wildman–Crippen MR) is 78.2 cm³/mol. The van der Waals surface area contributed by atoms with E-state index in [-0.39, 0.29) is 10.6 Å². The second-order valence-electron chi connectivity index (χ2n) is 5.57. The third-order valence-electron chi connectivity index (χ3n) is 3.67. The van der Waals surface area contributed by atoms with E-state index in [0.717, 1.165) is 32.2 Å². The lowest BCUT2D eigenvalue weighted by atomic mass is 9.98. The van der Waals surface area contributed by atoms with Crippen LogP contribution in [0.1, 0.15) is 12.8 Å². The Kier molecular flexibility index (Phi) is 4.65. The molecule has 4 nitrogen and oxygen atoms in total. The van der Waals surface area contributed by atoms with E-state index in [1.54, 1.807) is 0 Å². The number of anilines is 1. The maximum absolute atomic E-state index is 13.7. The van der Waals surface area contributed by atoms with Crippen LogP contribution in [0.5, 0.6) is 0 Å². The van der Waals surface area contributed by atoms with Gasteiger partial charge in [0.2, 0.25) is 0 Å². The number of hydrogen-bond acceptors (Lipinski definition) is 4. The normalized spacial score (nSPS) is 20.9. The Balaban J connectivity index is 2.05. The van der Waals surface area contributed by atoms with Gasteiger partial charge in [-0.2, -0.15) is 0 Å². The molecule has 1 aromatic carbocycles. The number of piperidine rings is 1. The first kappa shape index (κ1) is 15.3. The van der Waals surface area contributed by atoms with Gasteiger partial charge in [-0.3, -0.25) is 0 Å². The summed E-state index contributed by atoms with van der Waals surface area (Å²) in [4.78, 5) is 2.40. The van der Waals surface area contributed by atoms with Gasteiger partial charge >= 0.3 is 0 Å². The zero-order valence-electron chi connectivity index (χ0n) is 11.9. The summed E-state index contributed by atoms with van der Waals surface area (Å²) in [7, 11) is -1.23. The van der Waals surface area contributed by atoms with Crippen LogP contribution in [0.4, 0.5) is 10.1 Å². The molecular weight excluding hydrogens is 279 g/mol. The molecule has 6 heteroatoms. The minimum Gasteiger partial charge on any atom is -0.382 e. The van der Waals surface area contributed by atoms with Gasteiger partial charge in [0, 0.05) is 19.3 Å². The highest BCUT2D eigenvalue weighted by Gasteiger charge is 2.18. The van der Waals surface area contributed by atoms with Gasteiger partial charge in [0.05, 0.1) is 10.6 Å². The highest BCUT2D eigenvalue weighted by molar-refractivity contribution is 7.90. The van der Waals surface area contributed by atoms with E-state index in [2.05, 4.69) is 17.3 Å². The standard InChI is InChI=1S/C14H21FN2O2S/c1-17-7-3-4-11(10-17)9-16-14-8-12(20(2,18)19)5-6-13(14)15/h5-6,8,11,16H,3-4,7,9-10H2,1-2H3. The first-order chi connectivity index (χ1) is 9.36. The fraction of sp³-hybridized carbons (Fsp3) is 0.571. The van der Waals surface area contributed by atoms with Gasteiger partial charge in [-0.15, -0.1) is 0 Å². The summed E-state index contributed by atoms with van der Waals surface area (Å²) in [5.41, 5.74) is 0.265. The van der Waals surface area contributed by atoms with Crippen molar-refractivity contribution in [1.82, 2.24) is 4.90 Å². The number of nitrogens with one attached hydrogen (secondary N) is 1. The molecule has 1 aliphatic heterocycles. The van der Waals surface area contributed by atoms with Crippen LogP contribution in [0.25, 0.3) is 0 Å². The van der Waals surface area contributed by atoms with Crippen LogP contribution in [0, 0.1) is 11.7 Å². The van der Waals surface area contributed by atoms with Crippen LogP contribution in [-0.4, -0.2) is 46.3 Å². The van der Waals surface area contributed by atoms with Gasteiger partial charge in [0.25, 0.3) is 0 Å². The Morgan fingerprint density at radius 3 is 2.85 bits per heavy atom. The molecule has 1 fully saturated rings. The lowest BCUT2D eigenvalue weighted by Gasteiger charge is -2.30. The van der Waals surface area contributed by atoms with Crippen LogP contribution in [0.15, 0.2) is 23.1 Å². The van der Waals surface area contributed by atoms with Crippen molar-refractivity contribution in [1.29, 1.82) is 0 Å². The maximum atomic E-state index is 13.7. The van der Waals surface area contributed by atoms with E-state index in [4.69, 9.17) is 0 Å². The molecule has 0 spiro atoms. The topological polar surface area (TPSA) is 49.4 Å². The Hall–Kier alpha value is -1.14. The van der Waals surface area contributed by atoms with Crippen LogP contribution in [0.3, 0.4) is 0 Å². The van der Waals surface area contributed by atoms with E-state index in [1.807, 2.05) is 0 Å². The van der Waals surface area contributed by atoms with Crippen molar-refractivity contribution in [3.63, 3.8) is 0 Å². The molecule has 1 unspecified atom stereocenters. The Morgan fingerprint density at radius 2 is 2.20 bits per heavy atom. The number of nitrogens with zero attached hydrogens (tertiary/aromatic N) is 1. The fourth-order valence-electron chi connectivity index (χ4n) is 2.56. The van der Waals surface area contributed by atoms with Gasteiger partial charge in [-0.05, 0) is 50.6 Å². The number of likely N-dealkylation sites (tertiary alicyclic amines) is 1. The van der Waals surface area contributed by atoms with Crippen LogP contribution in [0.2, 0.25) is 0 Å². The third-order valence-corrected chi connectivity index (χ3v) is 4.78. The van der Waals surface area contributed by atoms with E-state index < -0.39 is 15.7 Å². The number of sulfone groups is 1. The highest BCUT2D eigenvalue weighted by atomic mass is 32.2. The molecule has 112 valence electrons. The molecule has 0 amide bonds. The molecule has 0 bridgehead atoms. The van der Waals surface area contributed by atoms with Crippen molar-refractivity contribution in [2.45, 2.75) is 17.7 Å². The van der Waals surface area contributed by atoms with Crippen molar-refractivity contribution in [2.75, 3.05) is 38.3 Å². The minimum absolute atomic E-state index is 0.141. The molecule has 0 saturated carbocycles. The highest BCUT2D eigenvalue weighted by Crippen LogP contribution is 2.21. The van der Waals surface area contributed by atoms with E-state index in [1.165, 1.54) is 18.2 Å². The largest absolute Gasteiger partial charge is 0.382 e. The lowest BCUT2D eigenvalue weighted by molar-refractivity contribution is 0.217. The molecule has 1 saturated heterocycles. The third kappa shape index (κ3) is 3.93. The average molecular weight is 300 g/mol. The number of hydrogen-bond donors (Lipinski definition) is 1. The van der Waals surface area contributed by atoms with Crippen LogP contribution >= 0.6 is 0 Å².